The first kappa shape index (κ1) is 16.6. The molecule has 2 amide bonds. The monoisotopic (exact) mass is 318 g/mol. The van der Waals surface area contributed by atoms with Crippen LogP contribution in [0.15, 0.2) is 41.8 Å². The first-order chi connectivity index (χ1) is 10.5. The second-order valence-electron chi connectivity index (χ2n) is 5.73. The van der Waals surface area contributed by atoms with Crippen molar-refractivity contribution in [2.24, 2.45) is 5.92 Å². The van der Waals surface area contributed by atoms with E-state index in [-0.39, 0.29) is 17.7 Å². The van der Waals surface area contributed by atoms with E-state index < -0.39 is 0 Å². The molecule has 0 spiro atoms. The molecule has 1 heterocycles. The SMILES string of the molecule is C=CC(=O)N1CC(CC(=O)Nc2ccccc2SC(C)C)C1. The van der Waals surface area contributed by atoms with Gasteiger partial charge in [-0.1, -0.05) is 32.6 Å². The van der Waals surface area contributed by atoms with Crippen molar-refractivity contribution in [1.82, 2.24) is 4.90 Å². The van der Waals surface area contributed by atoms with Crippen molar-refractivity contribution in [3.63, 3.8) is 0 Å². The zero-order chi connectivity index (χ0) is 16.1. The zero-order valence-corrected chi connectivity index (χ0v) is 13.9. The van der Waals surface area contributed by atoms with E-state index in [4.69, 9.17) is 0 Å². The van der Waals surface area contributed by atoms with Crippen molar-refractivity contribution in [1.29, 1.82) is 0 Å². The predicted molar refractivity (Wildman–Crippen MR) is 90.9 cm³/mol. The Hall–Kier alpha value is -1.75. The molecule has 4 nitrogen and oxygen atoms in total. The van der Waals surface area contributed by atoms with Gasteiger partial charge in [0.05, 0.1) is 5.69 Å². The molecule has 0 saturated carbocycles. The van der Waals surface area contributed by atoms with E-state index >= 15 is 0 Å². The Balaban J connectivity index is 1.86. The summed E-state index contributed by atoms with van der Waals surface area (Å²) in [6.45, 7) is 9.00. The highest BCUT2D eigenvalue weighted by Crippen LogP contribution is 2.30. The van der Waals surface area contributed by atoms with Gasteiger partial charge in [0.2, 0.25) is 11.8 Å². The number of carbonyl (C=O) groups is 2. The maximum Gasteiger partial charge on any atom is 0.245 e. The highest BCUT2D eigenvalue weighted by atomic mass is 32.2. The second kappa shape index (κ2) is 7.49. The number of carbonyl (C=O) groups excluding carboxylic acids is 2. The Bertz CT molecular complexity index is 566. The molecule has 0 bridgehead atoms. The van der Waals surface area contributed by atoms with Gasteiger partial charge in [-0.05, 0) is 18.2 Å². The average Bonchev–Trinajstić information content (AvgIpc) is 2.43. The number of nitrogens with zero attached hydrogens (tertiary/aromatic N) is 1. The number of anilines is 1. The number of para-hydroxylation sites is 1. The summed E-state index contributed by atoms with van der Waals surface area (Å²) >= 11 is 1.73. The number of amides is 2. The Morgan fingerprint density at radius 3 is 2.73 bits per heavy atom. The maximum atomic E-state index is 12.2. The van der Waals surface area contributed by atoms with E-state index in [0.29, 0.717) is 24.8 Å². The molecule has 1 aliphatic rings. The van der Waals surface area contributed by atoms with Crippen molar-refractivity contribution in [2.75, 3.05) is 18.4 Å². The van der Waals surface area contributed by atoms with Crippen molar-refractivity contribution in [3.8, 4) is 0 Å². The third-order valence-electron chi connectivity index (χ3n) is 3.44. The molecule has 1 aromatic carbocycles. The first-order valence-corrected chi connectivity index (χ1v) is 8.34. The third kappa shape index (κ3) is 4.37. The van der Waals surface area contributed by atoms with E-state index in [0.717, 1.165) is 10.6 Å². The van der Waals surface area contributed by atoms with Crippen molar-refractivity contribution >= 4 is 29.3 Å². The lowest BCUT2D eigenvalue weighted by atomic mass is 9.96. The summed E-state index contributed by atoms with van der Waals surface area (Å²) in [6.07, 6.45) is 1.76. The fraction of sp³-hybridized carbons (Fsp3) is 0.412. The normalized spacial score (nSPS) is 14.6. The van der Waals surface area contributed by atoms with Crippen LogP contribution in [0.3, 0.4) is 0 Å². The molecule has 22 heavy (non-hydrogen) atoms. The first-order valence-electron chi connectivity index (χ1n) is 7.46. The minimum absolute atomic E-state index is 0.00695. The number of likely N-dealkylation sites (tertiary alicyclic amines) is 1. The minimum Gasteiger partial charge on any atom is -0.338 e. The van der Waals surface area contributed by atoms with Crippen LogP contribution < -0.4 is 5.32 Å². The molecule has 1 fully saturated rings. The topological polar surface area (TPSA) is 49.4 Å². The van der Waals surface area contributed by atoms with E-state index in [1.54, 1.807) is 16.7 Å². The van der Waals surface area contributed by atoms with Gasteiger partial charge in [-0.2, -0.15) is 0 Å². The van der Waals surface area contributed by atoms with Crippen LogP contribution in [-0.4, -0.2) is 35.1 Å². The summed E-state index contributed by atoms with van der Waals surface area (Å²) < 4.78 is 0. The molecule has 0 aliphatic carbocycles. The number of thioether (sulfide) groups is 1. The largest absolute Gasteiger partial charge is 0.338 e. The predicted octanol–water partition coefficient (Wildman–Crippen LogP) is 3.16. The molecule has 5 heteroatoms. The number of nitrogens with one attached hydrogen (secondary N) is 1. The van der Waals surface area contributed by atoms with Gasteiger partial charge < -0.3 is 10.2 Å². The van der Waals surface area contributed by atoms with Gasteiger partial charge in [0.1, 0.15) is 0 Å². The summed E-state index contributed by atoms with van der Waals surface area (Å²) in [5, 5.41) is 3.45. The second-order valence-corrected chi connectivity index (χ2v) is 7.35. The molecule has 0 aromatic heterocycles. The number of benzene rings is 1. The van der Waals surface area contributed by atoms with Crippen LogP contribution in [0, 0.1) is 5.92 Å². The van der Waals surface area contributed by atoms with Gasteiger partial charge in [0.25, 0.3) is 0 Å². The summed E-state index contributed by atoms with van der Waals surface area (Å²) in [5.74, 6) is 0.191. The Morgan fingerprint density at radius 1 is 1.41 bits per heavy atom. The molecule has 1 N–H and O–H groups in total. The summed E-state index contributed by atoms with van der Waals surface area (Å²) in [6, 6.07) is 7.85. The van der Waals surface area contributed by atoms with Gasteiger partial charge in [-0.15, -0.1) is 11.8 Å². The number of rotatable bonds is 6. The van der Waals surface area contributed by atoms with E-state index in [2.05, 4.69) is 25.7 Å². The zero-order valence-electron chi connectivity index (χ0n) is 13.0. The molecule has 0 atom stereocenters. The van der Waals surface area contributed by atoms with Crippen molar-refractivity contribution in [3.05, 3.63) is 36.9 Å². The Kier molecular flexibility index (Phi) is 5.66. The molecule has 1 saturated heterocycles. The molecule has 0 unspecified atom stereocenters. The molecular formula is C17H22N2O2S. The molecular weight excluding hydrogens is 296 g/mol. The maximum absolute atomic E-state index is 12.2. The molecule has 0 radical (unpaired) electrons. The number of hydrogen-bond acceptors (Lipinski definition) is 3. The van der Waals surface area contributed by atoms with Gasteiger partial charge in [0.15, 0.2) is 0 Å². The number of hydrogen-bond donors (Lipinski definition) is 1. The van der Waals surface area contributed by atoms with E-state index in [9.17, 15) is 9.59 Å². The highest BCUT2D eigenvalue weighted by molar-refractivity contribution is 8.00. The average molecular weight is 318 g/mol. The minimum atomic E-state index is -0.0599. The van der Waals surface area contributed by atoms with Crippen LogP contribution in [0.1, 0.15) is 20.3 Å². The van der Waals surface area contributed by atoms with Crippen molar-refractivity contribution in [2.45, 2.75) is 30.4 Å². The van der Waals surface area contributed by atoms with Crippen LogP contribution in [0.25, 0.3) is 0 Å². The summed E-state index contributed by atoms with van der Waals surface area (Å²) in [5.41, 5.74) is 0.865. The molecule has 1 aliphatic heterocycles. The van der Waals surface area contributed by atoms with Crippen LogP contribution in [0.5, 0.6) is 0 Å². The van der Waals surface area contributed by atoms with Gasteiger partial charge in [0, 0.05) is 35.6 Å². The van der Waals surface area contributed by atoms with Gasteiger partial charge >= 0.3 is 0 Å². The van der Waals surface area contributed by atoms with E-state index in [1.165, 1.54) is 6.08 Å². The van der Waals surface area contributed by atoms with E-state index in [1.807, 2.05) is 24.3 Å². The van der Waals surface area contributed by atoms with Gasteiger partial charge in [-0.25, -0.2) is 0 Å². The van der Waals surface area contributed by atoms with Crippen LogP contribution >= 0.6 is 11.8 Å². The fourth-order valence-electron chi connectivity index (χ4n) is 2.40. The Morgan fingerprint density at radius 2 is 2.09 bits per heavy atom. The lowest BCUT2D eigenvalue weighted by molar-refractivity contribution is -0.134. The highest BCUT2D eigenvalue weighted by Gasteiger charge is 2.30. The quantitative estimate of drug-likeness (QED) is 0.647. The van der Waals surface area contributed by atoms with Crippen LogP contribution in [-0.2, 0) is 9.59 Å². The van der Waals surface area contributed by atoms with Gasteiger partial charge in [-0.3, -0.25) is 9.59 Å². The lowest BCUT2D eigenvalue weighted by Gasteiger charge is -2.38. The van der Waals surface area contributed by atoms with Crippen LogP contribution in [0.4, 0.5) is 5.69 Å². The smallest absolute Gasteiger partial charge is 0.245 e. The molecule has 2 rings (SSSR count). The third-order valence-corrected chi connectivity index (χ3v) is 4.52. The molecule has 1 aromatic rings. The molecule has 118 valence electrons. The summed E-state index contributed by atoms with van der Waals surface area (Å²) in [7, 11) is 0. The Labute approximate surface area is 136 Å². The van der Waals surface area contributed by atoms with Crippen LogP contribution in [0.2, 0.25) is 0 Å². The summed E-state index contributed by atoms with van der Waals surface area (Å²) in [4.78, 5) is 26.3. The lowest BCUT2D eigenvalue weighted by Crippen LogP contribution is -2.50. The standard InChI is InChI=1S/C17H22N2O2S/c1-4-17(21)19-10-13(11-19)9-16(20)18-14-7-5-6-8-15(14)22-12(2)3/h4-8,12-13H,1,9-11H2,2-3H3,(H,18,20). The fourth-order valence-corrected chi connectivity index (χ4v) is 3.31. The van der Waals surface area contributed by atoms with Crippen molar-refractivity contribution < 1.29 is 9.59 Å².